The zero-order valence-corrected chi connectivity index (χ0v) is 10.6. The minimum atomic E-state index is -0.218. The zero-order chi connectivity index (χ0) is 12.7. The molecule has 1 rings (SSSR count). The highest BCUT2D eigenvalue weighted by Crippen LogP contribution is 2.23. The summed E-state index contributed by atoms with van der Waals surface area (Å²) in [4.78, 5) is 11.8. The summed E-state index contributed by atoms with van der Waals surface area (Å²) >= 11 is 5.87. The van der Waals surface area contributed by atoms with Gasteiger partial charge in [0, 0.05) is 18.1 Å². The second kappa shape index (κ2) is 7.14. The molecule has 0 atom stereocenters. The summed E-state index contributed by atoms with van der Waals surface area (Å²) in [6.07, 6.45) is 0.881. The Labute approximate surface area is 106 Å². The molecule has 0 heterocycles. The van der Waals surface area contributed by atoms with Gasteiger partial charge < -0.3 is 15.8 Å². The van der Waals surface area contributed by atoms with Gasteiger partial charge in [0.25, 0.3) is 5.91 Å². The van der Waals surface area contributed by atoms with Crippen molar-refractivity contribution in [2.45, 2.75) is 13.3 Å². The van der Waals surface area contributed by atoms with Gasteiger partial charge in [0.05, 0.1) is 12.2 Å². The molecule has 0 bridgehead atoms. The number of benzene rings is 1. The van der Waals surface area contributed by atoms with Gasteiger partial charge in [0.15, 0.2) is 0 Å². The van der Waals surface area contributed by atoms with E-state index in [-0.39, 0.29) is 5.91 Å². The normalized spacial score (nSPS) is 10.1. The summed E-state index contributed by atoms with van der Waals surface area (Å²) in [7, 11) is 0. The van der Waals surface area contributed by atoms with Gasteiger partial charge in [-0.3, -0.25) is 4.79 Å². The maximum atomic E-state index is 11.8. The van der Waals surface area contributed by atoms with E-state index in [1.807, 2.05) is 6.92 Å². The van der Waals surface area contributed by atoms with E-state index in [1.54, 1.807) is 18.2 Å². The Morgan fingerprint density at radius 3 is 2.94 bits per heavy atom. The third-order valence-corrected chi connectivity index (χ3v) is 2.31. The van der Waals surface area contributed by atoms with Crippen LogP contribution in [0.25, 0.3) is 0 Å². The van der Waals surface area contributed by atoms with E-state index in [1.165, 1.54) is 0 Å². The van der Waals surface area contributed by atoms with Crippen LogP contribution in [0.2, 0.25) is 5.02 Å². The number of hydrogen-bond donors (Lipinski definition) is 2. The van der Waals surface area contributed by atoms with Crippen LogP contribution in [-0.2, 0) is 0 Å². The summed E-state index contributed by atoms with van der Waals surface area (Å²) < 4.78 is 5.49. The molecular formula is C12H17ClN2O2. The third-order valence-electron chi connectivity index (χ3n) is 2.08. The van der Waals surface area contributed by atoms with Crippen LogP contribution in [-0.4, -0.2) is 25.6 Å². The second-order valence-electron chi connectivity index (χ2n) is 3.53. The van der Waals surface area contributed by atoms with Gasteiger partial charge in [-0.2, -0.15) is 0 Å². The quantitative estimate of drug-likeness (QED) is 0.816. The molecule has 3 N–H and O–H groups in total. The molecule has 0 fully saturated rings. The second-order valence-corrected chi connectivity index (χ2v) is 3.97. The van der Waals surface area contributed by atoms with Crippen molar-refractivity contribution in [1.82, 2.24) is 5.32 Å². The van der Waals surface area contributed by atoms with Crippen molar-refractivity contribution in [2.75, 3.05) is 19.7 Å². The molecule has 0 aromatic heterocycles. The standard InChI is InChI=1S/C12H17ClN2O2/c1-2-7-17-11-4-3-9(13)8-10(11)12(16)15-6-5-14/h3-4,8H,2,5-7,14H2,1H3,(H,15,16). The van der Waals surface area contributed by atoms with E-state index in [4.69, 9.17) is 22.1 Å². The average Bonchev–Trinajstić information content (AvgIpc) is 2.34. The lowest BCUT2D eigenvalue weighted by Crippen LogP contribution is -2.29. The van der Waals surface area contributed by atoms with Gasteiger partial charge in [-0.05, 0) is 24.6 Å². The van der Waals surface area contributed by atoms with E-state index < -0.39 is 0 Å². The Balaban J connectivity index is 2.85. The Morgan fingerprint density at radius 1 is 1.53 bits per heavy atom. The Hall–Kier alpha value is -1.26. The first-order valence-electron chi connectivity index (χ1n) is 5.59. The highest BCUT2D eigenvalue weighted by Gasteiger charge is 2.12. The van der Waals surface area contributed by atoms with Gasteiger partial charge in [0.1, 0.15) is 5.75 Å². The van der Waals surface area contributed by atoms with Crippen molar-refractivity contribution in [3.05, 3.63) is 28.8 Å². The number of nitrogens with one attached hydrogen (secondary N) is 1. The van der Waals surface area contributed by atoms with Crippen LogP contribution < -0.4 is 15.8 Å². The summed E-state index contributed by atoms with van der Waals surface area (Å²) in [5, 5.41) is 3.20. The maximum Gasteiger partial charge on any atom is 0.255 e. The number of carbonyl (C=O) groups excluding carboxylic acids is 1. The lowest BCUT2D eigenvalue weighted by Gasteiger charge is -2.11. The molecule has 1 amide bonds. The van der Waals surface area contributed by atoms with Crippen LogP contribution >= 0.6 is 11.6 Å². The number of amides is 1. The van der Waals surface area contributed by atoms with Crippen molar-refractivity contribution in [2.24, 2.45) is 5.73 Å². The van der Waals surface area contributed by atoms with Crippen molar-refractivity contribution in [1.29, 1.82) is 0 Å². The van der Waals surface area contributed by atoms with Crippen molar-refractivity contribution >= 4 is 17.5 Å². The van der Waals surface area contributed by atoms with Crippen LogP contribution in [0.4, 0.5) is 0 Å². The first kappa shape index (κ1) is 13.8. The molecule has 5 heteroatoms. The molecule has 17 heavy (non-hydrogen) atoms. The summed E-state index contributed by atoms with van der Waals surface area (Å²) in [5.41, 5.74) is 5.77. The van der Waals surface area contributed by atoms with Crippen molar-refractivity contribution in [3.8, 4) is 5.75 Å². The molecular weight excluding hydrogens is 240 g/mol. The van der Waals surface area contributed by atoms with E-state index in [2.05, 4.69) is 5.32 Å². The van der Waals surface area contributed by atoms with Gasteiger partial charge >= 0.3 is 0 Å². The molecule has 1 aromatic rings. The van der Waals surface area contributed by atoms with Gasteiger partial charge in [-0.15, -0.1) is 0 Å². The van der Waals surface area contributed by atoms with Gasteiger partial charge in [-0.1, -0.05) is 18.5 Å². The molecule has 0 saturated heterocycles. The largest absolute Gasteiger partial charge is 0.493 e. The van der Waals surface area contributed by atoms with Crippen LogP contribution in [0.15, 0.2) is 18.2 Å². The van der Waals surface area contributed by atoms with Crippen LogP contribution in [0.1, 0.15) is 23.7 Å². The average molecular weight is 257 g/mol. The highest BCUT2D eigenvalue weighted by atomic mass is 35.5. The third kappa shape index (κ3) is 4.24. The lowest BCUT2D eigenvalue weighted by molar-refractivity contribution is 0.0950. The molecule has 1 aromatic carbocycles. The molecule has 94 valence electrons. The number of carbonyl (C=O) groups is 1. The molecule has 0 aliphatic heterocycles. The summed E-state index contributed by atoms with van der Waals surface area (Å²) in [6, 6.07) is 5.00. The number of halogens is 1. The summed E-state index contributed by atoms with van der Waals surface area (Å²) in [6.45, 7) is 3.40. The topological polar surface area (TPSA) is 64.3 Å². The first-order chi connectivity index (χ1) is 8.19. The van der Waals surface area contributed by atoms with Gasteiger partial charge in [-0.25, -0.2) is 0 Å². The number of rotatable bonds is 6. The highest BCUT2D eigenvalue weighted by molar-refractivity contribution is 6.31. The van der Waals surface area contributed by atoms with E-state index in [9.17, 15) is 4.79 Å². The fourth-order valence-corrected chi connectivity index (χ4v) is 1.47. The van der Waals surface area contributed by atoms with E-state index in [0.717, 1.165) is 6.42 Å². The molecule has 0 spiro atoms. The fourth-order valence-electron chi connectivity index (χ4n) is 1.30. The Bertz CT molecular complexity index is 383. The number of nitrogens with two attached hydrogens (primary N) is 1. The Kier molecular flexibility index (Phi) is 5.80. The van der Waals surface area contributed by atoms with E-state index in [0.29, 0.717) is 36.0 Å². The minimum absolute atomic E-state index is 0.218. The maximum absolute atomic E-state index is 11.8. The molecule has 0 unspecified atom stereocenters. The minimum Gasteiger partial charge on any atom is -0.493 e. The molecule has 0 radical (unpaired) electrons. The Morgan fingerprint density at radius 2 is 2.29 bits per heavy atom. The molecule has 0 aliphatic carbocycles. The lowest BCUT2D eigenvalue weighted by atomic mass is 10.2. The predicted molar refractivity (Wildman–Crippen MR) is 68.6 cm³/mol. The zero-order valence-electron chi connectivity index (χ0n) is 9.83. The van der Waals surface area contributed by atoms with Crippen LogP contribution in [0.5, 0.6) is 5.75 Å². The predicted octanol–water partition coefficient (Wildman–Crippen LogP) is 1.82. The first-order valence-corrected chi connectivity index (χ1v) is 5.97. The van der Waals surface area contributed by atoms with Crippen molar-refractivity contribution in [3.63, 3.8) is 0 Å². The smallest absolute Gasteiger partial charge is 0.255 e. The fraction of sp³-hybridized carbons (Fsp3) is 0.417. The SMILES string of the molecule is CCCOc1ccc(Cl)cc1C(=O)NCCN. The van der Waals surface area contributed by atoms with Crippen LogP contribution in [0.3, 0.4) is 0 Å². The molecule has 4 nitrogen and oxygen atoms in total. The van der Waals surface area contributed by atoms with Gasteiger partial charge in [0.2, 0.25) is 0 Å². The monoisotopic (exact) mass is 256 g/mol. The number of ether oxygens (including phenoxy) is 1. The van der Waals surface area contributed by atoms with Crippen molar-refractivity contribution < 1.29 is 9.53 Å². The molecule has 0 aliphatic rings. The number of hydrogen-bond acceptors (Lipinski definition) is 3. The van der Waals surface area contributed by atoms with Crippen LogP contribution in [0, 0.1) is 0 Å². The molecule has 0 saturated carbocycles. The van der Waals surface area contributed by atoms with E-state index >= 15 is 0 Å². The summed E-state index contributed by atoms with van der Waals surface area (Å²) in [5.74, 6) is 0.329.